The van der Waals surface area contributed by atoms with Gasteiger partial charge in [0, 0.05) is 32.4 Å². The van der Waals surface area contributed by atoms with Crippen LogP contribution in [-0.2, 0) is 11.3 Å². The molecule has 0 saturated carbocycles. The summed E-state index contributed by atoms with van der Waals surface area (Å²) in [5.74, 6) is 0.504. The summed E-state index contributed by atoms with van der Waals surface area (Å²) in [6.07, 6.45) is 3.41. The van der Waals surface area contributed by atoms with Crippen molar-refractivity contribution < 1.29 is 9.90 Å². The van der Waals surface area contributed by atoms with Crippen LogP contribution in [0, 0.1) is 0 Å². The van der Waals surface area contributed by atoms with Crippen molar-refractivity contribution in [3.63, 3.8) is 0 Å². The van der Waals surface area contributed by atoms with Gasteiger partial charge in [-0.2, -0.15) is 0 Å². The van der Waals surface area contributed by atoms with Crippen LogP contribution < -0.4 is 10.6 Å². The van der Waals surface area contributed by atoms with Gasteiger partial charge >= 0.3 is 0 Å². The van der Waals surface area contributed by atoms with E-state index >= 15 is 0 Å². The average Bonchev–Trinajstić information content (AvgIpc) is 2.46. The van der Waals surface area contributed by atoms with Crippen molar-refractivity contribution in [1.82, 2.24) is 9.88 Å². The van der Waals surface area contributed by atoms with Crippen LogP contribution >= 0.6 is 0 Å². The summed E-state index contributed by atoms with van der Waals surface area (Å²) in [7, 11) is 2.03. The van der Waals surface area contributed by atoms with Crippen molar-refractivity contribution in [2.75, 3.05) is 25.0 Å². The van der Waals surface area contributed by atoms with Gasteiger partial charge in [0.2, 0.25) is 5.91 Å². The molecule has 6 nitrogen and oxygen atoms in total. The number of hydrogen-bond acceptors (Lipinski definition) is 5. The fraction of sp³-hybridized carbons (Fsp3) is 0.647. The van der Waals surface area contributed by atoms with E-state index in [1.165, 1.54) is 0 Å². The van der Waals surface area contributed by atoms with E-state index in [2.05, 4.69) is 34.7 Å². The second-order valence-corrected chi connectivity index (χ2v) is 6.91. The van der Waals surface area contributed by atoms with Crippen LogP contribution in [0.25, 0.3) is 0 Å². The minimum absolute atomic E-state index is 0.0276. The van der Waals surface area contributed by atoms with Crippen molar-refractivity contribution in [1.29, 1.82) is 0 Å². The molecule has 1 fully saturated rings. The second-order valence-electron chi connectivity index (χ2n) is 6.91. The first-order valence-corrected chi connectivity index (χ1v) is 8.20. The predicted octanol–water partition coefficient (Wildman–Crippen LogP) is 1.13. The summed E-state index contributed by atoms with van der Waals surface area (Å²) in [5, 5.41) is 10.5. The molecule has 1 saturated heterocycles. The number of primary amides is 1. The molecule has 0 aliphatic carbocycles. The second kappa shape index (κ2) is 7.27. The average molecular weight is 320 g/mol. The Bertz CT molecular complexity index is 532. The summed E-state index contributed by atoms with van der Waals surface area (Å²) in [6, 6.07) is 4.50. The van der Waals surface area contributed by atoms with Gasteiger partial charge in [0.05, 0.1) is 12.0 Å². The Kier molecular flexibility index (Phi) is 5.59. The summed E-state index contributed by atoms with van der Waals surface area (Å²) in [4.78, 5) is 19.9. The zero-order valence-corrected chi connectivity index (χ0v) is 14.3. The predicted molar refractivity (Wildman–Crippen MR) is 91.0 cm³/mol. The summed E-state index contributed by atoms with van der Waals surface area (Å²) in [5.41, 5.74) is 5.36. The van der Waals surface area contributed by atoms with E-state index < -0.39 is 11.5 Å². The maximum Gasteiger partial charge on any atom is 0.220 e. The fourth-order valence-electron chi connectivity index (χ4n) is 3.05. The largest absolute Gasteiger partial charge is 0.388 e. The normalized spacial score (nSPS) is 22.3. The number of pyridine rings is 1. The Hall–Kier alpha value is -1.66. The van der Waals surface area contributed by atoms with Gasteiger partial charge in [0.25, 0.3) is 0 Å². The molecule has 0 aromatic carbocycles. The Morgan fingerprint density at radius 1 is 1.52 bits per heavy atom. The van der Waals surface area contributed by atoms with Crippen LogP contribution in [0.5, 0.6) is 0 Å². The number of carbonyl (C=O) groups is 1. The van der Waals surface area contributed by atoms with Crippen LogP contribution in [0.2, 0.25) is 0 Å². The molecule has 128 valence electrons. The highest BCUT2D eigenvalue weighted by molar-refractivity contribution is 5.75. The standard InChI is InChI=1S/C17H28N4O2/c1-13(2)20(3)16-6-5-14(10-19-16)11-21-8-4-7-17(23,12-21)9-15(18)22/h5-6,10,13,23H,4,7-9,11-12H2,1-3H3,(H2,18,22). The van der Waals surface area contributed by atoms with Crippen molar-refractivity contribution in [2.24, 2.45) is 5.73 Å². The molecular formula is C17H28N4O2. The Balaban J connectivity index is 1.97. The molecule has 0 radical (unpaired) electrons. The van der Waals surface area contributed by atoms with Crippen molar-refractivity contribution in [3.8, 4) is 0 Å². The first kappa shape index (κ1) is 17.7. The smallest absolute Gasteiger partial charge is 0.220 e. The molecule has 1 aliphatic rings. The Morgan fingerprint density at radius 3 is 2.83 bits per heavy atom. The monoisotopic (exact) mass is 320 g/mol. The molecular weight excluding hydrogens is 292 g/mol. The quantitative estimate of drug-likeness (QED) is 0.821. The van der Waals surface area contributed by atoms with E-state index in [4.69, 9.17) is 5.73 Å². The van der Waals surface area contributed by atoms with Gasteiger partial charge < -0.3 is 15.7 Å². The molecule has 23 heavy (non-hydrogen) atoms. The fourth-order valence-corrected chi connectivity index (χ4v) is 3.05. The van der Waals surface area contributed by atoms with Gasteiger partial charge in [-0.15, -0.1) is 0 Å². The number of rotatable bonds is 6. The number of hydrogen-bond donors (Lipinski definition) is 2. The first-order chi connectivity index (χ1) is 10.8. The third kappa shape index (κ3) is 4.91. The SMILES string of the molecule is CC(C)N(C)c1ccc(CN2CCCC(O)(CC(N)=O)C2)cn1. The molecule has 6 heteroatoms. The van der Waals surface area contributed by atoms with Gasteiger partial charge in [-0.1, -0.05) is 6.07 Å². The van der Waals surface area contributed by atoms with Crippen LogP contribution in [0.4, 0.5) is 5.82 Å². The van der Waals surface area contributed by atoms with E-state index in [9.17, 15) is 9.90 Å². The molecule has 0 bridgehead atoms. The molecule has 1 atom stereocenters. The highest BCUT2D eigenvalue weighted by atomic mass is 16.3. The maximum absolute atomic E-state index is 11.1. The molecule has 1 unspecified atom stereocenters. The van der Waals surface area contributed by atoms with Crippen LogP contribution in [0.15, 0.2) is 18.3 Å². The zero-order chi connectivity index (χ0) is 17.0. The molecule has 1 aromatic rings. The minimum Gasteiger partial charge on any atom is -0.388 e. The molecule has 3 N–H and O–H groups in total. The van der Waals surface area contributed by atoms with Crippen LogP contribution in [0.3, 0.4) is 0 Å². The number of aliphatic hydroxyl groups is 1. The Morgan fingerprint density at radius 2 is 2.26 bits per heavy atom. The lowest BCUT2D eigenvalue weighted by atomic mass is 9.89. The molecule has 1 aliphatic heterocycles. The number of piperidine rings is 1. The van der Waals surface area contributed by atoms with Crippen LogP contribution in [0.1, 0.15) is 38.7 Å². The van der Waals surface area contributed by atoms with Gasteiger partial charge in [-0.25, -0.2) is 4.98 Å². The van der Waals surface area contributed by atoms with E-state index in [0.29, 0.717) is 19.0 Å². The number of nitrogens with zero attached hydrogens (tertiary/aromatic N) is 3. The van der Waals surface area contributed by atoms with Gasteiger partial charge in [0.15, 0.2) is 0 Å². The number of nitrogens with two attached hydrogens (primary N) is 1. The number of likely N-dealkylation sites (tertiary alicyclic amines) is 1. The van der Waals surface area contributed by atoms with E-state index in [0.717, 1.165) is 30.9 Å². The number of amides is 1. The molecule has 1 amide bonds. The van der Waals surface area contributed by atoms with Crippen molar-refractivity contribution >= 4 is 11.7 Å². The van der Waals surface area contributed by atoms with Crippen molar-refractivity contribution in [2.45, 2.75) is 51.3 Å². The number of β-amino-alcohol motifs (C(OH)–C–C–N with tert-alkyl or cyclic N) is 1. The van der Waals surface area contributed by atoms with Gasteiger partial charge in [-0.05, 0) is 44.9 Å². The van der Waals surface area contributed by atoms with Crippen molar-refractivity contribution in [3.05, 3.63) is 23.9 Å². The number of anilines is 1. The lowest BCUT2D eigenvalue weighted by molar-refractivity contribution is -0.125. The van der Waals surface area contributed by atoms with Crippen LogP contribution in [-0.4, -0.2) is 52.7 Å². The molecule has 1 aromatic heterocycles. The Labute approximate surface area is 138 Å². The molecule has 2 heterocycles. The van der Waals surface area contributed by atoms with Gasteiger partial charge in [0.1, 0.15) is 5.82 Å². The third-order valence-corrected chi connectivity index (χ3v) is 4.49. The summed E-state index contributed by atoms with van der Waals surface area (Å²) in [6.45, 7) is 6.36. The summed E-state index contributed by atoms with van der Waals surface area (Å²) < 4.78 is 0. The highest BCUT2D eigenvalue weighted by Gasteiger charge is 2.34. The third-order valence-electron chi connectivity index (χ3n) is 4.49. The lowest BCUT2D eigenvalue weighted by Crippen LogP contribution is -2.49. The molecule has 2 rings (SSSR count). The number of aromatic nitrogens is 1. The highest BCUT2D eigenvalue weighted by Crippen LogP contribution is 2.25. The van der Waals surface area contributed by atoms with E-state index in [1.807, 2.05) is 19.3 Å². The van der Waals surface area contributed by atoms with E-state index in [-0.39, 0.29) is 6.42 Å². The molecule has 0 spiro atoms. The summed E-state index contributed by atoms with van der Waals surface area (Å²) >= 11 is 0. The topological polar surface area (TPSA) is 82.7 Å². The zero-order valence-electron chi connectivity index (χ0n) is 14.3. The number of carbonyl (C=O) groups excluding carboxylic acids is 1. The minimum atomic E-state index is -0.991. The van der Waals surface area contributed by atoms with Gasteiger partial charge in [-0.3, -0.25) is 9.69 Å². The van der Waals surface area contributed by atoms with E-state index in [1.54, 1.807) is 0 Å². The maximum atomic E-state index is 11.1. The lowest BCUT2D eigenvalue weighted by Gasteiger charge is -2.38. The first-order valence-electron chi connectivity index (χ1n) is 8.20.